The number of hydrogen-bond donors (Lipinski definition) is 1. The molecular formula is C27H28N2O2. The van der Waals surface area contributed by atoms with E-state index in [1.165, 1.54) is 0 Å². The summed E-state index contributed by atoms with van der Waals surface area (Å²) in [7, 11) is 0. The summed E-state index contributed by atoms with van der Waals surface area (Å²) in [6.45, 7) is 1.86. The van der Waals surface area contributed by atoms with Crippen LogP contribution in [0.3, 0.4) is 0 Å². The van der Waals surface area contributed by atoms with Crippen molar-refractivity contribution < 1.29 is 9.59 Å². The van der Waals surface area contributed by atoms with Crippen LogP contribution in [0.2, 0.25) is 0 Å². The molecule has 3 aromatic rings. The topological polar surface area (TPSA) is 49.4 Å². The second kappa shape index (κ2) is 10.1. The molecule has 1 fully saturated rings. The highest BCUT2D eigenvalue weighted by molar-refractivity contribution is 5.80. The lowest BCUT2D eigenvalue weighted by Crippen LogP contribution is -2.32. The summed E-state index contributed by atoms with van der Waals surface area (Å²) < 4.78 is 0. The normalized spacial score (nSPS) is 16.0. The third-order valence-electron chi connectivity index (χ3n) is 5.89. The van der Waals surface area contributed by atoms with E-state index in [2.05, 4.69) is 29.6 Å². The maximum absolute atomic E-state index is 12.8. The zero-order valence-electron chi connectivity index (χ0n) is 17.6. The van der Waals surface area contributed by atoms with Gasteiger partial charge in [-0.3, -0.25) is 9.59 Å². The van der Waals surface area contributed by atoms with Gasteiger partial charge >= 0.3 is 0 Å². The molecule has 1 aliphatic heterocycles. The Morgan fingerprint density at radius 1 is 0.871 bits per heavy atom. The Kier molecular flexibility index (Phi) is 6.78. The Morgan fingerprint density at radius 2 is 1.42 bits per heavy atom. The van der Waals surface area contributed by atoms with E-state index >= 15 is 0 Å². The minimum absolute atomic E-state index is 0.0159. The second-order valence-electron chi connectivity index (χ2n) is 8.21. The predicted octanol–water partition coefficient (Wildman–Crippen LogP) is 4.37. The first-order valence-corrected chi connectivity index (χ1v) is 10.9. The van der Waals surface area contributed by atoms with Crippen LogP contribution in [0.1, 0.15) is 35.4 Å². The molecule has 0 aromatic heterocycles. The van der Waals surface area contributed by atoms with E-state index in [1.54, 1.807) is 0 Å². The minimum atomic E-state index is 0.0159. The van der Waals surface area contributed by atoms with E-state index in [-0.39, 0.29) is 23.7 Å². The van der Waals surface area contributed by atoms with E-state index in [4.69, 9.17) is 0 Å². The monoisotopic (exact) mass is 412 g/mol. The number of benzene rings is 3. The molecule has 0 spiro atoms. The summed E-state index contributed by atoms with van der Waals surface area (Å²) in [6.07, 6.45) is 0.885. The molecule has 0 aliphatic carbocycles. The maximum atomic E-state index is 12.8. The average Bonchev–Trinajstić information content (AvgIpc) is 3.17. The first-order valence-electron chi connectivity index (χ1n) is 10.9. The van der Waals surface area contributed by atoms with Crippen LogP contribution in [-0.4, -0.2) is 29.8 Å². The molecule has 0 bridgehead atoms. The van der Waals surface area contributed by atoms with Crippen LogP contribution < -0.4 is 5.32 Å². The van der Waals surface area contributed by atoms with Gasteiger partial charge in [0.2, 0.25) is 11.8 Å². The first-order chi connectivity index (χ1) is 15.2. The summed E-state index contributed by atoms with van der Waals surface area (Å²) in [5, 5.41) is 3.08. The maximum Gasteiger partial charge on any atom is 0.223 e. The summed E-state index contributed by atoms with van der Waals surface area (Å²) in [4.78, 5) is 27.1. The molecule has 1 atom stereocenters. The van der Waals surface area contributed by atoms with Gasteiger partial charge < -0.3 is 10.2 Å². The minimum Gasteiger partial charge on any atom is -0.356 e. The summed E-state index contributed by atoms with van der Waals surface area (Å²) >= 11 is 0. The van der Waals surface area contributed by atoms with Crippen molar-refractivity contribution in [3.63, 3.8) is 0 Å². The molecule has 0 radical (unpaired) electrons. The number of nitrogens with one attached hydrogen (secondary N) is 1. The Balaban J connectivity index is 1.33. The smallest absolute Gasteiger partial charge is 0.223 e. The van der Waals surface area contributed by atoms with Crippen molar-refractivity contribution in [1.82, 2.24) is 10.2 Å². The van der Waals surface area contributed by atoms with E-state index in [1.807, 2.05) is 71.6 Å². The van der Waals surface area contributed by atoms with Crippen LogP contribution >= 0.6 is 0 Å². The molecule has 1 saturated heterocycles. The highest BCUT2D eigenvalue weighted by Crippen LogP contribution is 2.28. The van der Waals surface area contributed by atoms with Crippen LogP contribution in [0, 0.1) is 5.92 Å². The molecule has 4 rings (SSSR count). The molecule has 1 N–H and O–H groups in total. The largest absolute Gasteiger partial charge is 0.356 e. The van der Waals surface area contributed by atoms with Crippen molar-refractivity contribution in [2.75, 3.05) is 13.1 Å². The number of nitrogens with zero attached hydrogens (tertiary/aromatic N) is 1. The third kappa shape index (κ3) is 5.60. The number of carbonyl (C=O) groups excluding carboxylic acids is 2. The van der Waals surface area contributed by atoms with Gasteiger partial charge in [-0.05, 0) is 16.7 Å². The van der Waals surface area contributed by atoms with Gasteiger partial charge in [0.15, 0.2) is 0 Å². The Morgan fingerprint density at radius 3 is 2.00 bits per heavy atom. The van der Waals surface area contributed by atoms with Crippen LogP contribution in [0.4, 0.5) is 0 Å². The van der Waals surface area contributed by atoms with Crippen molar-refractivity contribution in [2.24, 2.45) is 5.92 Å². The lowest BCUT2D eigenvalue weighted by molar-refractivity contribution is -0.128. The van der Waals surface area contributed by atoms with Gasteiger partial charge in [0.1, 0.15) is 0 Å². The van der Waals surface area contributed by atoms with Crippen molar-refractivity contribution in [3.8, 4) is 0 Å². The lowest BCUT2D eigenvalue weighted by Gasteiger charge is -2.19. The Labute approximate surface area is 183 Å². The van der Waals surface area contributed by atoms with Crippen molar-refractivity contribution >= 4 is 11.8 Å². The molecule has 31 heavy (non-hydrogen) atoms. The van der Waals surface area contributed by atoms with Gasteiger partial charge in [-0.2, -0.15) is 0 Å². The fraction of sp³-hybridized carbons (Fsp3) is 0.259. The van der Waals surface area contributed by atoms with E-state index < -0.39 is 0 Å². The van der Waals surface area contributed by atoms with E-state index in [9.17, 15) is 9.59 Å². The predicted molar refractivity (Wildman–Crippen MR) is 122 cm³/mol. The number of likely N-dealkylation sites (tertiary alicyclic amines) is 1. The summed E-state index contributed by atoms with van der Waals surface area (Å²) in [5.74, 6) is 0.357. The zero-order chi connectivity index (χ0) is 21.5. The van der Waals surface area contributed by atoms with E-state index in [0.29, 0.717) is 32.5 Å². The summed E-state index contributed by atoms with van der Waals surface area (Å²) in [6, 6.07) is 30.3. The second-order valence-corrected chi connectivity index (χ2v) is 8.21. The molecule has 1 aliphatic rings. The molecule has 4 nitrogen and oxygen atoms in total. The third-order valence-corrected chi connectivity index (χ3v) is 5.89. The number of rotatable bonds is 8. The number of carbonyl (C=O) groups is 2. The SMILES string of the molecule is O=C(CC(c1ccccc1)c1ccccc1)NCC1CC(=O)N(Cc2ccccc2)C1. The van der Waals surface area contributed by atoms with Gasteiger partial charge in [-0.1, -0.05) is 91.0 Å². The average molecular weight is 413 g/mol. The number of hydrogen-bond acceptors (Lipinski definition) is 2. The van der Waals surface area contributed by atoms with Crippen molar-refractivity contribution in [2.45, 2.75) is 25.3 Å². The molecule has 3 aromatic carbocycles. The molecular weight excluding hydrogens is 384 g/mol. The van der Waals surface area contributed by atoms with Crippen LogP contribution in [0.25, 0.3) is 0 Å². The highest BCUT2D eigenvalue weighted by atomic mass is 16.2. The van der Waals surface area contributed by atoms with Crippen molar-refractivity contribution in [1.29, 1.82) is 0 Å². The van der Waals surface area contributed by atoms with Gasteiger partial charge in [-0.25, -0.2) is 0 Å². The quantitative estimate of drug-likeness (QED) is 0.597. The van der Waals surface area contributed by atoms with Gasteiger partial charge in [0.25, 0.3) is 0 Å². The molecule has 2 amide bonds. The molecule has 1 heterocycles. The van der Waals surface area contributed by atoms with E-state index in [0.717, 1.165) is 16.7 Å². The number of amides is 2. The van der Waals surface area contributed by atoms with Gasteiger partial charge in [0, 0.05) is 44.3 Å². The van der Waals surface area contributed by atoms with Crippen LogP contribution in [0.15, 0.2) is 91.0 Å². The Bertz CT molecular complexity index is 950. The molecule has 158 valence electrons. The molecule has 0 saturated carbocycles. The van der Waals surface area contributed by atoms with Gasteiger partial charge in [-0.15, -0.1) is 0 Å². The van der Waals surface area contributed by atoms with Crippen LogP contribution in [0.5, 0.6) is 0 Å². The Hall–Kier alpha value is -3.40. The highest BCUT2D eigenvalue weighted by Gasteiger charge is 2.30. The fourth-order valence-electron chi connectivity index (χ4n) is 4.26. The zero-order valence-corrected chi connectivity index (χ0v) is 17.6. The van der Waals surface area contributed by atoms with Crippen LogP contribution in [-0.2, 0) is 16.1 Å². The molecule has 4 heteroatoms. The first kappa shape index (κ1) is 20.9. The fourth-order valence-corrected chi connectivity index (χ4v) is 4.26. The molecule has 1 unspecified atom stereocenters. The standard InChI is InChI=1S/C27H28N2O2/c30-26(17-25(23-12-6-2-7-13-23)24-14-8-3-9-15-24)28-18-22-16-27(31)29(20-22)19-21-10-4-1-5-11-21/h1-15,22,25H,16-20H2,(H,28,30). The van der Waals surface area contributed by atoms with Crippen molar-refractivity contribution in [3.05, 3.63) is 108 Å². The summed E-state index contributed by atoms with van der Waals surface area (Å²) in [5.41, 5.74) is 3.40. The van der Waals surface area contributed by atoms with Gasteiger partial charge in [0.05, 0.1) is 0 Å². The lowest BCUT2D eigenvalue weighted by atomic mass is 9.88.